The van der Waals surface area contributed by atoms with Crippen LogP contribution < -0.4 is 42.8 Å². The fourth-order valence-electron chi connectivity index (χ4n) is 11.3. The summed E-state index contributed by atoms with van der Waals surface area (Å²) < 4.78 is 65.1. The Bertz CT molecular complexity index is 3520. The molecule has 0 aromatic heterocycles. The van der Waals surface area contributed by atoms with Gasteiger partial charge in [0.2, 0.25) is 35.4 Å². The average molecular weight is 1340 g/mol. The summed E-state index contributed by atoms with van der Waals surface area (Å²) in [5, 5.41) is 26.1. The van der Waals surface area contributed by atoms with E-state index in [-0.39, 0.29) is 67.3 Å². The number of fused-ring (bicyclic) bond motifs is 3. The maximum Gasteiger partial charge on any atom is 0.294 e. The Morgan fingerprint density at radius 2 is 1.28 bits per heavy atom. The number of phenolic OH excluding ortho intramolecular Hbond substituents is 1. The van der Waals surface area contributed by atoms with E-state index < -0.39 is 110 Å². The van der Waals surface area contributed by atoms with Crippen LogP contribution in [-0.2, 0) is 55.4 Å². The summed E-state index contributed by atoms with van der Waals surface area (Å²) >= 11 is 0. The molecule has 3 aliphatic heterocycles. The summed E-state index contributed by atoms with van der Waals surface area (Å²) in [4.78, 5) is 103. The van der Waals surface area contributed by atoms with Crippen molar-refractivity contribution in [2.24, 2.45) is 17.4 Å². The zero-order chi connectivity index (χ0) is 68.7. The van der Waals surface area contributed by atoms with Crippen LogP contribution in [0, 0.1) is 19.8 Å². The zero-order valence-corrected chi connectivity index (χ0v) is 55.9. The number of ether oxygens (including phenoxy) is 1. The molecule has 8 rings (SSSR count). The second-order valence-electron chi connectivity index (χ2n) is 24.6. The van der Waals surface area contributed by atoms with Crippen LogP contribution in [0.5, 0.6) is 11.5 Å². The number of carbonyl (C=O) groups excluding carboxylic acids is 7. The molecule has 5 aromatic carbocycles. The zero-order valence-electron chi connectivity index (χ0n) is 54.3. The van der Waals surface area contributed by atoms with Crippen molar-refractivity contribution in [2.45, 2.75) is 183 Å². The SMILES string of the molecule is CCCCCCCOc1ccc2cc(C(=O)N[C@H]3CCCNC(=O)[C@@H]4C[C@H](N)CN4C(=O)[C@H](CCCCN)NC(=O)[C@H](CCc4ccc(O)cc4)NC(=O)[C@@H]4CCCN4C(=O)[C@H](C(C)C)NC3=O)ccc2c1.Cc1ccc(S(=O)(=O)O)cc1.Cc1ccc(S(=O)(=O)O)cc1. The van der Waals surface area contributed by atoms with Crippen LogP contribution in [0.25, 0.3) is 10.8 Å². The number of nitrogens with one attached hydrogen (secondary N) is 5. The molecule has 3 fully saturated rings. The molecule has 7 atom stereocenters. The smallest absolute Gasteiger partial charge is 0.294 e. The largest absolute Gasteiger partial charge is 0.508 e. The van der Waals surface area contributed by atoms with E-state index in [1.165, 1.54) is 65.5 Å². The molecule has 7 amide bonds. The Kier molecular flexibility index (Phi) is 28.8. The predicted octanol–water partition coefficient (Wildman–Crippen LogP) is 6.18. The molecule has 0 radical (unpaired) electrons. The highest BCUT2D eigenvalue weighted by atomic mass is 32.2. The number of hydrogen-bond donors (Lipinski definition) is 10. The van der Waals surface area contributed by atoms with Crippen molar-refractivity contribution < 1.29 is 69.3 Å². The molecule has 0 aliphatic carbocycles. The van der Waals surface area contributed by atoms with Gasteiger partial charge in [-0.2, -0.15) is 16.8 Å². The normalized spacial score (nSPS) is 21.0. The predicted molar refractivity (Wildman–Crippen MR) is 356 cm³/mol. The summed E-state index contributed by atoms with van der Waals surface area (Å²) in [6.45, 7) is 10.8. The lowest BCUT2D eigenvalue weighted by atomic mass is 10.00. The van der Waals surface area contributed by atoms with Gasteiger partial charge in [0.05, 0.1) is 16.4 Å². The van der Waals surface area contributed by atoms with Crippen molar-refractivity contribution in [2.75, 3.05) is 32.8 Å². The van der Waals surface area contributed by atoms with E-state index in [9.17, 15) is 55.5 Å². The second kappa shape index (κ2) is 36.0. The van der Waals surface area contributed by atoms with Gasteiger partial charge in [0.25, 0.3) is 26.1 Å². The number of hydrogen-bond acceptors (Lipinski definition) is 15. The summed E-state index contributed by atoms with van der Waals surface area (Å²) in [6, 6.07) is 22.5. The highest BCUT2D eigenvalue weighted by Crippen LogP contribution is 2.26. The molecule has 0 spiro atoms. The molecule has 0 bridgehead atoms. The average Bonchev–Trinajstić information content (AvgIpc) is 1.49. The molecule has 3 aliphatic rings. The van der Waals surface area contributed by atoms with Crippen LogP contribution in [0.15, 0.2) is 119 Å². The van der Waals surface area contributed by atoms with Gasteiger partial charge in [-0.15, -0.1) is 0 Å². The molecular weight excluding hydrogens is 1250 g/mol. The number of nitrogens with two attached hydrogens (primary N) is 2. The Labute approximate surface area is 551 Å². The lowest BCUT2D eigenvalue weighted by Gasteiger charge is -2.32. The van der Waals surface area contributed by atoms with E-state index in [2.05, 4.69) is 33.5 Å². The molecule has 0 unspecified atom stereocenters. The Balaban J connectivity index is 0.000000532. The van der Waals surface area contributed by atoms with Crippen LogP contribution in [-0.4, -0.2) is 157 Å². The van der Waals surface area contributed by atoms with Gasteiger partial charge in [-0.05, 0) is 174 Å². The highest BCUT2D eigenvalue weighted by Gasteiger charge is 2.43. The molecular formula is C68H93N9O15S2. The topological polar surface area (TPSA) is 376 Å². The van der Waals surface area contributed by atoms with Crippen LogP contribution in [0.1, 0.15) is 138 Å². The van der Waals surface area contributed by atoms with Gasteiger partial charge >= 0.3 is 0 Å². The minimum absolute atomic E-state index is 0.0666. The van der Waals surface area contributed by atoms with Gasteiger partial charge in [0.15, 0.2) is 0 Å². The summed E-state index contributed by atoms with van der Waals surface area (Å²) in [6.07, 6.45) is 8.63. The van der Waals surface area contributed by atoms with Gasteiger partial charge in [-0.25, -0.2) is 0 Å². The fourth-order valence-corrected chi connectivity index (χ4v) is 12.2. The third-order valence-electron chi connectivity index (χ3n) is 16.7. The fraction of sp³-hybridized carbons (Fsp3) is 0.485. The first kappa shape index (κ1) is 75.0. The first-order valence-corrected chi connectivity index (χ1v) is 35.1. The Morgan fingerprint density at radius 3 is 1.89 bits per heavy atom. The number of aromatic hydroxyl groups is 1. The molecule has 94 heavy (non-hydrogen) atoms. The van der Waals surface area contributed by atoms with E-state index >= 15 is 0 Å². The molecule has 12 N–H and O–H groups in total. The van der Waals surface area contributed by atoms with Gasteiger partial charge in [-0.3, -0.25) is 42.7 Å². The Morgan fingerprint density at radius 1 is 0.660 bits per heavy atom. The van der Waals surface area contributed by atoms with E-state index in [1.54, 1.807) is 62.4 Å². The number of nitrogens with zero attached hydrogens (tertiary/aromatic N) is 2. The molecule has 512 valence electrons. The first-order valence-electron chi connectivity index (χ1n) is 32.3. The first-order chi connectivity index (χ1) is 44.7. The molecule has 26 heteroatoms. The number of rotatable bonds is 19. The maximum absolute atomic E-state index is 14.6. The number of benzene rings is 5. The van der Waals surface area contributed by atoms with Gasteiger partial charge < -0.3 is 57.7 Å². The number of amides is 7. The van der Waals surface area contributed by atoms with Crippen molar-refractivity contribution in [1.29, 1.82) is 0 Å². The molecule has 0 saturated carbocycles. The van der Waals surface area contributed by atoms with Gasteiger partial charge in [-0.1, -0.05) is 106 Å². The van der Waals surface area contributed by atoms with Crippen molar-refractivity contribution in [3.8, 4) is 11.5 Å². The van der Waals surface area contributed by atoms with E-state index in [0.29, 0.717) is 50.8 Å². The van der Waals surface area contributed by atoms with Crippen molar-refractivity contribution in [3.63, 3.8) is 0 Å². The quantitative estimate of drug-likeness (QED) is 0.0326. The van der Waals surface area contributed by atoms with E-state index in [1.807, 2.05) is 38.1 Å². The summed E-state index contributed by atoms with van der Waals surface area (Å²) in [7, 11) is -8.04. The van der Waals surface area contributed by atoms with Crippen molar-refractivity contribution in [1.82, 2.24) is 36.4 Å². The molecule has 3 saturated heterocycles. The lowest BCUT2D eigenvalue weighted by Crippen LogP contribution is -2.60. The molecule has 3 heterocycles. The third kappa shape index (κ3) is 22.9. The van der Waals surface area contributed by atoms with E-state index in [4.69, 9.17) is 25.3 Å². The standard InChI is InChI=1S/C54H77N9O9.2C7H8O3S/c1-4-5-6-7-10-29-72-41-24-21-36-30-38(20-19-37(36)31-41)48(65)58-42-14-11-27-57-51(68)46-32-39(56)33-63(46)53(70)44(13-8-9-26-55)60-49(66)43(25-18-35-16-22-40(64)23-17-35)59-52(69)45-15-12-28-62(45)54(71)47(34(2)3)61-50(42)67;2*1-6-2-4-7(5-3-6)11(8,9)10/h16-17,19-24,30-31,34,39,42-47,64H,4-15,18,25-29,32-33,55-56H2,1-3H3,(H,57,68)(H,58,65)(H,59,69)(H,60,66)(H,61,67);2*2-5H,1H3,(H,8,9,10)/t39-,42-,43-,44-,45-,46-,47-;;/m0../s1. The summed E-state index contributed by atoms with van der Waals surface area (Å²) in [5.41, 5.74) is 15.2. The lowest BCUT2D eigenvalue weighted by molar-refractivity contribution is -0.143. The molecule has 5 aromatic rings. The minimum atomic E-state index is -4.02. The van der Waals surface area contributed by atoms with E-state index in [0.717, 1.165) is 46.1 Å². The van der Waals surface area contributed by atoms with Crippen LogP contribution in [0.2, 0.25) is 0 Å². The maximum atomic E-state index is 14.6. The monoisotopic (exact) mass is 1340 g/mol. The number of phenols is 1. The van der Waals surface area contributed by atoms with Crippen LogP contribution in [0.3, 0.4) is 0 Å². The Hall–Kier alpha value is -8.01. The van der Waals surface area contributed by atoms with Gasteiger partial charge in [0.1, 0.15) is 47.8 Å². The third-order valence-corrected chi connectivity index (χ3v) is 18.4. The van der Waals surface area contributed by atoms with Crippen molar-refractivity contribution in [3.05, 3.63) is 131 Å². The number of carbonyl (C=O) groups is 7. The summed E-state index contributed by atoms with van der Waals surface area (Å²) in [5.74, 6) is -3.37. The highest BCUT2D eigenvalue weighted by molar-refractivity contribution is 7.86. The van der Waals surface area contributed by atoms with Crippen LogP contribution >= 0.6 is 0 Å². The number of unbranched alkanes of at least 4 members (excludes halogenated alkanes) is 5. The number of aryl methyl sites for hydroxylation is 3. The van der Waals surface area contributed by atoms with Crippen molar-refractivity contribution >= 4 is 72.4 Å². The molecule has 24 nitrogen and oxygen atoms in total. The second-order valence-corrected chi connectivity index (χ2v) is 27.4. The van der Waals surface area contributed by atoms with Crippen LogP contribution in [0.4, 0.5) is 0 Å². The van der Waals surface area contributed by atoms with Gasteiger partial charge in [0, 0.05) is 31.2 Å². The minimum Gasteiger partial charge on any atom is -0.508 e.